The second-order valence-electron chi connectivity index (χ2n) is 8.21. The van der Waals surface area contributed by atoms with Gasteiger partial charge in [0.1, 0.15) is 6.10 Å². The van der Waals surface area contributed by atoms with Crippen LogP contribution in [0.25, 0.3) is 0 Å². The molecule has 4 heteroatoms. The topological polar surface area (TPSA) is 35.5 Å². The van der Waals surface area contributed by atoms with E-state index in [4.69, 9.17) is 9.16 Å². The molecule has 1 aliphatic heterocycles. The van der Waals surface area contributed by atoms with Crippen LogP contribution in [-0.4, -0.2) is 26.5 Å². The number of carbonyl (C=O) groups is 1. The van der Waals surface area contributed by atoms with E-state index in [0.29, 0.717) is 0 Å². The summed E-state index contributed by atoms with van der Waals surface area (Å²) in [6.45, 7) is 17.5. The van der Waals surface area contributed by atoms with Crippen molar-refractivity contribution in [3.05, 3.63) is 24.3 Å². The van der Waals surface area contributed by atoms with E-state index in [2.05, 4.69) is 53.8 Å². The highest BCUT2D eigenvalue weighted by Gasteiger charge is 2.45. The lowest BCUT2D eigenvalue weighted by atomic mass is 9.78. The van der Waals surface area contributed by atoms with Crippen molar-refractivity contribution in [2.45, 2.75) is 78.3 Å². The van der Waals surface area contributed by atoms with Crippen molar-refractivity contribution in [3.8, 4) is 0 Å². The van der Waals surface area contributed by atoms with E-state index in [1.807, 2.05) is 19.1 Å². The zero-order valence-corrected chi connectivity index (χ0v) is 16.4. The number of rotatable bonds is 5. The monoisotopic (exact) mass is 324 g/mol. The van der Waals surface area contributed by atoms with Crippen LogP contribution >= 0.6 is 0 Å². The molecule has 0 saturated carbocycles. The van der Waals surface area contributed by atoms with Gasteiger partial charge in [0.2, 0.25) is 0 Å². The van der Waals surface area contributed by atoms with Gasteiger partial charge in [-0.2, -0.15) is 0 Å². The summed E-state index contributed by atoms with van der Waals surface area (Å²) in [7, 11) is -1.91. The van der Waals surface area contributed by atoms with Gasteiger partial charge in [0.05, 0.1) is 6.10 Å². The molecule has 0 saturated heterocycles. The summed E-state index contributed by atoms with van der Waals surface area (Å²) in [6.07, 6.45) is 8.06. The van der Waals surface area contributed by atoms with Crippen LogP contribution in [0.2, 0.25) is 18.1 Å². The van der Waals surface area contributed by atoms with Crippen LogP contribution in [0.15, 0.2) is 24.3 Å². The van der Waals surface area contributed by atoms with E-state index in [9.17, 15) is 4.79 Å². The lowest BCUT2D eigenvalue weighted by molar-refractivity contribution is -0.153. The van der Waals surface area contributed by atoms with Crippen molar-refractivity contribution in [3.63, 3.8) is 0 Å². The van der Waals surface area contributed by atoms with Gasteiger partial charge in [-0.05, 0) is 25.1 Å². The highest BCUT2D eigenvalue weighted by Crippen LogP contribution is 2.42. The molecule has 0 bridgehead atoms. The SMILES string of the molecule is C/C=C/[C@H](O[Si](C)(C)C(C)(C)C)C(C)(C)[C@@H]1CC=CC(=O)O1. The largest absolute Gasteiger partial charge is 0.458 e. The first-order valence-electron chi connectivity index (χ1n) is 8.09. The van der Waals surface area contributed by atoms with Crippen LogP contribution in [0.5, 0.6) is 0 Å². The van der Waals surface area contributed by atoms with Gasteiger partial charge in [-0.25, -0.2) is 4.79 Å². The number of allylic oxidation sites excluding steroid dienone is 1. The van der Waals surface area contributed by atoms with Crippen molar-refractivity contribution >= 4 is 14.3 Å². The normalized spacial score (nSPS) is 22.0. The number of hydrogen-bond donors (Lipinski definition) is 0. The maximum absolute atomic E-state index is 11.6. The molecular formula is C18H32O3Si. The third-order valence-corrected chi connectivity index (χ3v) is 9.48. The Kier molecular flexibility index (Phi) is 5.85. The van der Waals surface area contributed by atoms with E-state index < -0.39 is 8.32 Å². The Hall–Kier alpha value is -0.873. The third kappa shape index (κ3) is 4.32. The molecule has 0 unspecified atom stereocenters. The van der Waals surface area contributed by atoms with Crippen molar-refractivity contribution in [1.29, 1.82) is 0 Å². The van der Waals surface area contributed by atoms with Crippen LogP contribution in [0.4, 0.5) is 0 Å². The third-order valence-electron chi connectivity index (χ3n) is 5.02. The van der Waals surface area contributed by atoms with Crippen molar-refractivity contribution in [2.24, 2.45) is 5.41 Å². The molecule has 0 spiro atoms. The summed E-state index contributed by atoms with van der Waals surface area (Å²) in [6, 6.07) is 0. The summed E-state index contributed by atoms with van der Waals surface area (Å²) in [4.78, 5) is 11.6. The fourth-order valence-corrected chi connectivity index (χ4v) is 3.63. The van der Waals surface area contributed by atoms with Crippen molar-refractivity contribution in [1.82, 2.24) is 0 Å². The van der Waals surface area contributed by atoms with Gasteiger partial charge in [0.25, 0.3) is 0 Å². The number of hydrogen-bond acceptors (Lipinski definition) is 3. The lowest BCUT2D eigenvalue weighted by Crippen LogP contribution is -2.51. The zero-order valence-electron chi connectivity index (χ0n) is 15.4. The smallest absolute Gasteiger partial charge is 0.330 e. The first kappa shape index (κ1) is 19.2. The summed E-state index contributed by atoms with van der Waals surface area (Å²) < 4.78 is 12.2. The molecule has 0 aliphatic carbocycles. The second kappa shape index (κ2) is 6.71. The van der Waals surface area contributed by atoms with Gasteiger partial charge in [-0.15, -0.1) is 0 Å². The second-order valence-corrected chi connectivity index (χ2v) is 13.0. The van der Waals surface area contributed by atoms with E-state index in [-0.39, 0.29) is 28.6 Å². The van der Waals surface area contributed by atoms with Gasteiger partial charge in [-0.1, -0.05) is 52.8 Å². The van der Waals surface area contributed by atoms with Crippen LogP contribution in [0, 0.1) is 5.41 Å². The Bertz CT molecular complexity index is 455. The van der Waals surface area contributed by atoms with E-state index in [1.54, 1.807) is 0 Å². The zero-order chi connectivity index (χ0) is 17.2. The molecule has 22 heavy (non-hydrogen) atoms. The summed E-state index contributed by atoms with van der Waals surface area (Å²) in [5, 5.41) is 0.145. The van der Waals surface area contributed by atoms with Crippen LogP contribution in [0.1, 0.15) is 48.0 Å². The Morgan fingerprint density at radius 2 is 1.91 bits per heavy atom. The van der Waals surface area contributed by atoms with E-state index in [1.165, 1.54) is 6.08 Å². The molecule has 0 amide bonds. The standard InChI is InChI=1S/C18H32O3Si/c1-9-11-15(21-22(7,8)17(2,3)4)18(5,6)14-12-10-13-16(19)20-14/h9-11,13-15H,12H2,1-8H3/b11-9+/t14-,15-/m0/s1. The maximum Gasteiger partial charge on any atom is 0.330 e. The summed E-state index contributed by atoms with van der Waals surface area (Å²) in [5.41, 5.74) is -0.275. The molecule has 0 aromatic heterocycles. The average Bonchev–Trinajstić information content (AvgIpc) is 2.36. The lowest BCUT2D eigenvalue weighted by Gasteiger charge is -2.45. The molecule has 3 nitrogen and oxygen atoms in total. The fraction of sp³-hybridized carbons (Fsp3) is 0.722. The number of cyclic esters (lactones) is 1. The quantitative estimate of drug-likeness (QED) is 0.412. The molecule has 0 N–H and O–H groups in total. The number of esters is 1. The van der Waals surface area contributed by atoms with E-state index in [0.717, 1.165) is 6.42 Å². The van der Waals surface area contributed by atoms with Crippen LogP contribution in [-0.2, 0) is 14.0 Å². The van der Waals surface area contributed by atoms with Crippen molar-refractivity contribution < 1.29 is 14.0 Å². The first-order valence-corrected chi connectivity index (χ1v) is 11.0. The fourth-order valence-electron chi connectivity index (χ4n) is 2.26. The predicted molar refractivity (Wildman–Crippen MR) is 94.3 cm³/mol. The Morgan fingerprint density at radius 3 is 2.36 bits per heavy atom. The summed E-state index contributed by atoms with van der Waals surface area (Å²) >= 11 is 0. The van der Waals surface area contributed by atoms with E-state index >= 15 is 0 Å². The molecule has 0 radical (unpaired) electrons. The maximum atomic E-state index is 11.6. The van der Waals surface area contributed by atoms with Gasteiger partial charge in [0, 0.05) is 17.9 Å². The summed E-state index contributed by atoms with van der Waals surface area (Å²) in [5.74, 6) is -0.254. The van der Waals surface area contributed by atoms with Crippen molar-refractivity contribution in [2.75, 3.05) is 0 Å². The Morgan fingerprint density at radius 1 is 1.32 bits per heavy atom. The molecule has 1 rings (SSSR count). The molecule has 0 fully saturated rings. The molecule has 0 aromatic carbocycles. The number of carbonyl (C=O) groups excluding carboxylic acids is 1. The predicted octanol–water partition coefficient (Wildman–Crippen LogP) is 4.85. The average molecular weight is 325 g/mol. The Balaban J connectivity index is 3.03. The minimum absolute atomic E-state index is 0.0670. The molecule has 2 atom stereocenters. The number of ether oxygens (including phenoxy) is 1. The Labute approximate surface area is 136 Å². The molecule has 126 valence electrons. The minimum Gasteiger partial charge on any atom is -0.458 e. The minimum atomic E-state index is -1.91. The molecular weight excluding hydrogens is 292 g/mol. The van der Waals surface area contributed by atoms with Gasteiger partial charge in [-0.3, -0.25) is 0 Å². The van der Waals surface area contributed by atoms with Gasteiger partial charge in [0.15, 0.2) is 8.32 Å². The highest BCUT2D eigenvalue weighted by molar-refractivity contribution is 6.74. The highest BCUT2D eigenvalue weighted by atomic mass is 28.4. The molecule has 0 aromatic rings. The van der Waals surface area contributed by atoms with Crippen LogP contribution in [0.3, 0.4) is 0 Å². The van der Waals surface area contributed by atoms with Gasteiger partial charge < -0.3 is 9.16 Å². The first-order chi connectivity index (χ1) is 9.91. The molecule has 1 aliphatic rings. The molecule has 1 heterocycles. The van der Waals surface area contributed by atoms with Crippen LogP contribution < -0.4 is 0 Å². The van der Waals surface area contributed by atoms with Gasteiger partial charge >= 0.3 is 5.97 Å².